The average molecular weight is 182 g/mol. The zero-order chi connectivity index (χ0) is 9.26. The van der Waals surface area contributed by atoms with Gasteiger partial charge in [-0.05, 0) is 31.7 Å². The summed E-state index contributed by atoms with van der Waals surface area (Å²) < 4.78 is 0. The summed E-state index contributed by atoms with van der Waals surface area (Å²) in [4.78, 5) is 2.63. The summed E-state index contributed by atoms with van der Waals surface area (Å²) >= 11 is 0. The number of nitrogens with two attached hydrogens (primary N) is 1. The van der Waals surface area contributed by atoms with Crippen molar-refractivity contribution < 1.29 is 0 Å². The third kappa shape index (κ3) is 2.05. The number of hydrogen-bond acceptors (Lipinski definition) is 2. The molecule has 3 atom stereocenters. The summed E-state index contributed by atoms with van der Waals surface area (Å²) in [7, 11) is 0. The lowest BCUT2D eigenvalue weighted by Gasteiger charge is -2.36. The van der Waals surface area contributed by atoms with E-state index in [4.69, 9.17) is 5.73 Å². The van der Waals surface area contributed by atoms with Gasteiger partial charge in [-0.1, -0.05) is 19.8 Å². The lowest BCUT2D eigenvalue weighted by Crippen LogP contribution is -2.48. The van der Waals surface area contributed by atoms with Crippen molar-refractivity contribution in [2.75, 3.05) is 13.1 Å². The van der Waals surface area contributed by atoms with Gasteiger partial charge in [0.25, 0.3) is 0 Å². The van der Waals surface area contributed by atoms with Crippen LogP contribution in [0.1, 0.15) is 39.0 Å². The predicted octanol–water partition coefficient (Wildman–Crippen LogP) is 1.60. The van der Waals surface area contributed by atoms with Crippen molar-refractivity contribution in [1.82, 2.24) is 4.90 Å². The number of nitrogens with zero attached hydrogens (tertiary/aromatic N) is 1. The second-order valence-corrected chi connectivity index (χ2v) is 4.90. The molecule has 1 saturated carbocycles. The van der Waals surface area contributed by atoms with Crippen LogP contribution in [0, 0.1) is 5.92 Å². The molecule has 0 bridgehead atoms. The molecular formula is C11H22N2. The maximum absolute atomic E-state index is 6.16. The molecule has 2 rings (SSSR count). The standard InChI is InChI=1S/C11H22N2/c1-9-6-7-13(8-9)11-5-3-2-4-10(11)12/h9-11H,2-8,12H2,1H3. The molecule has 0 aromatic carbocycles. The van der Waals surface area contributed by atoms with Gasteiger partial charge in [-0.15, -0.1) is 0 Å². The summed E-state index contributed by atoms with van der Waals surface area (Å²) in [5, 5.41) is 0. The minimum absolute atomic E-state index is 0.457. The molecule has 1 aliphatic carbocycles. The zero-order valence-corrected chi connectivity index (χ0v) is 8.71. The van der Waals surface area contributed by atoms with Crippen molar-refractivity contribution in [1.29, 1.82) is 0 Å². The Hall–Kier alpha value is -0.0800. The van der Waals surface area contributed by atoms with Crippen molar-refractivity contribution in [3.05, 3.63) is 0 Å². The van der Waals surface area contributed by atoms with Crippen LogP contribution in [0.3, 0.4) is 0 Å². The van der Waals surface area contributed by atoms with E-state index in [0.717, 1.165) is 5.92 Å². The average Bonchev–Trinajstić information content (AvgIpc) is 2.53. The molecule has 0 radical (unpaired) electrons. The molecule has 76 valence electrons. The van der Waals surface area contributed by atoms with Crippen LogP contribution in [0.25, 0.3) is 0 Å². The Morgan fingerprint density at radius 2 is 1.92 bits per heavy atom. The van der Waals surface area contributed by atoms with Crippen LogP contribution < -0.4 is 5.73 Å². The van der Waals surface area contributed by atoms with Gasteiger partial charge in [0.15, 0.2) is 0 Å². The van der Waals surface area contributed by atoms with E-state index < -0.39 is 0 Å². The topological polar surface area (TPSA) is 29.3 Å². The van der Waals surface area contributed by atoms with E-state index in [1.807, 2.05) is 0 Å². The first kappa shape index (κ1) is 9.47. The van der Waals surface area contributed by atoms with Gasteiger partial charge in [-0.25, -0.2) is 0 Å². The van der Waals surface area contributed by atoms with E-state index in [-0.39, 0.29) is 0 Å². The summed E-state index contributed by atoms with van der Waals surface area (Å²) in [6.45, 7) is 4.94. The number of hydrogen-bond donors (Lipinski definition) is 1. The fourth-order valence-corrected chi connectivity index (χ4v) is 2.86. The van der Waals surface area contributed by atoms with E-state index in [9.17, 15) is 0 Å². The first-order chi connectivity index (χ1) is 6.27. The van der Waals surface area contributed by atoms with Crippen LogP contribution in [0.5, 0.6) is 0 Å². The third-order valence-electron chi connectivity index (χ3n) is 3.71. The molecular weight excluding hydrogens is 160 g/mol. The fourth-order valence-electron chi connectivity index (χ4n) is 2.86. The van der Waals surface area contributed by atoms with Crippen molar-refractivity contribution in [2.45, 2.75) is 51.1 Å². The lowest BCUT2D eigenvalue weighted by atomic mass is 9.90. The molecule has 1 aliphatic heterocycles. The second-order valence-electron chi connectivity index (χ2n) is 4.90. The Bertz CT molecular complexity index is 169. The van der Waals surface area contributed by atoms with Crippen molar-refractivity contribution in [3.8, 4) is 0 Å². The molecule has 0 spiro atoms. The Labute approximate surface area is 81.5 Å². The van der Waals surface area contributed by atoms with Crippen LogP contribution in [0.4, 0.5) is 0 Å². The van der Waals surface area contributed by atoms with Crippen molar-refractivity contribution >= 4 is 0 Å². The predicted molar refractivity (Wildman–Crippen MR) is 55.6 cm³/mol. The summed E-state index contributed by atoms with van der Waals surface area (Å²) in [5.41, 5.74) is 6.16. The first-order valence-electron chi connectivity index (χ1n) is 5.77. The molecule has 2 nitrogen and oxygen atoms in total. The third-order valence-corrected chi connectivity index (χ3v) is 3.71. The van der Waals surface area contributed by atoms with Crippen LogP contribution in [-0.4, -0.2) is 30.1 Å². The summed E-state index contributed by atoms with van der Waals surface area (Å²) in [5.74, 6) is 0.897. The highest BCUT2D eigenvalue weighted by molar-refractivity contribution is 4.89. The molecule has 2 fully saturated rings. The van der Waals surface area contributed by atoms with Crippen LogP contribution >= 0.6 is 0 Å². The maximum Gasteiger partial charge on any atom is 0.0247 e. The number of rotatable bonds is 1. The molecule has 13 heavy (non-hydrogen) atoms. The quantitative estimate of drug-likeness (QED) is 0.667. The van der Waals surface area contributed by atoms with E-state index >= 15 is 0 Å². The maximum atomic E-state index is 6.16. The number of likely N-dealkylation sites (tertiary alicyclic amines) is 1. The zero-order valence-electron chi connectivity index (χ0n) is 8.71. The monoisotopic (exact) mass is 182 g/mol. The summed E-state index contributed by atoms with van der Waals surface area (Å²) in [6, 6.07) is 1.16. The molecule has 0 amide bonds. The highest BCUT2D eigenvalue weighted by Gasteiger charge is 2.31. The minimum atomic E-state index is 0.457. The molecule has 1 heterocycles. The Balaban J connectivity index is 1.91. The highest BCUT2D eigenvalue weighted by Crippen LogP contribution is 2.26. The van der Waals surface area contributed by atoms with E-state index in [2.05, 4.69) is 11.8 Å². The first-order valence-corrected chi connectivity index (χ1v) is 5.77. The molecule has 1 saturated heterocycles. The highest BCUT2D eigenvalue weighted by atomic mass is 15.2. The van der Waals surface area contributed by atoms with E-state index in [1.54, 1.807) is 0 Å². The normalized spacial score (nSPS) is 42.5. The van der Waals surface area contributed by atoms with Gasteiger partial charge in [0.1, 0.15) is 0 Å². The lowest BCUT2D eigenvalue weighted by molar-refractivity contribution is 0.164. The summed E-state index contributed by atoms with van der Waals surface area (Å²) in [6.07, 6.45) is 6.71. The molecule has 3 unspecified atom stereocenters. The molecule has 2 aliphatic rings. The minimum Gasteiger partial charge on any atom is -0.326 e. The van der Waals surface area contributed by atoms with Crippen molar-refractivity contribution in [3.63, 3.8) is 0 Å². The van der Waals surface area contributed by atoms with Gasteiger partial charge >= 0.3 is 0 Å². The van der Waals surface area contributed by atoms with Crippen LogP contribution in [0.2, 0.25) is 0 Å². The Kier molecular flexibility index (Phi) is 2.89. The Morgan fingerprint density at radius 3 is 2.54 bits per heavy atom. The van der Waals surface area contributed by atoms with Gasteiger partial charge in [-0.2, -0.15) is 0 Å². The molecule has 0 aromatic heterocycles. The second kappa shape index (κ2) is 3.97. The molecule has 2 N–H and O–H groups in total. The fraction of sp³-hybridized carbons (Fsp3) is 1.00. The van der Waals surface area contributed by atoms with Gasteiger partial charge in [0.05, 0.1) is 0 Å². The van der Waals surface area contributed by atoms with Gasteiger partial charge in [0.2, 0.25) is 0 Å². The Morgan fingerprint density at radius 1 is 1.15 bits per heavy atom. The van der Waals surface area contributed by atoms with Gasteiger partial charge < -0.3 is 5.73 Å². The smallest absolute Gasteiger partial charge is 0.0247 e. The van der Waals surface area contributed by atoms with Gasteiger partial charge in [-0.3, -0.25) is 4.90 Å². The van der Waals surface area contributed by atoms with Crippen molar-refractivity contribution in [2.24, 2.45) is 11.7 Å². The van der Waals surface area contributed by atoms with Gasteiger partial charge in [0, 0.05) is 18.6 Å². The van der Waals surface area contributed by atoms with Crippen LogP contribution in [0.15, 0.2) is 0 Å². The SMILES string of the molecule is CC1CCN(C2CCCCC2N)C1. The largest absolute Gasteiger partial charge is 0.326 e. The van der Waals surface area contributed by atoms with E-state index in [0.29, 0.717) is 12.1 Å². The van der Waals surface area contributed by atoms with E-state index in [1.165, 1.54) is 45.2 Å². The van der Waals surface area contributed by atoms with Crippen LogP contribution in [-0.2, 0) is 0 Å². The molecule has 2 heteroatoms. The molecule has 0 aromatic rings.